The highest BCUT2D eigenvalue weighted by Gasteiger charge is 2.26. The van der Waals surface area contributed by atoms with Gasteiger partial charge in [0.05, 0.1) is 17.1 Å². The van der Waals surface area contributed by atoms with Gasteiger partial charge in [0.15, 0.2) is 0 Å². The molecule has 1 rings (SSSR count). The molecule has 0 saturated heterocycles. The lowest BCUT2D eigenvalue weighted by Crippen LogP contribution is -2.37. The van der Waals surface area contributed by atoms with Crippen LogP contribution in [0.3, 0.4) is 0 Å². The number of nitrogens with two attached hydrogens (primary N) is 1. The first-order chi connectivity index (χ1) is 6.90. The molecule has 0 amide bonds. The molecule has 0 heterocycles. The van der Waals surface area contributed by atoms with Crippen LogP contribution in [-0.2, 0) is 5.54 Å². The van der Waals surface area contributed by atoms with Gasteiger partial charge >= 0.3 is 0 Å². The summed E-state index contributed by atoms with van der Waals surface area (Å²) in [7, 11) is 0. The maximum atomic E-state index is 10.7. The molecule has 0 aromatic heterocycles. The summed E-state index contributed by atoms with van der Waals surface area (Å²) in [5, 5.41) is 19.7. The van der Waals surface area contributed by atoms with E-state index in [0.717, 1.165) is 0 Å². The molecule has 15 heavy (non-hydrogen) atoms. The highest BCUT2D eigenvalue weighted by atomic mass is 79.9. The first kappa shape index (κ1) is 12.1. The largest absolute Gasteiger partial charge is 0.394 e. The summed E-state index contributed by atoms with van der Waals surface area (Å²) in [6.07, 6.45) is 0. The molecule has 0 saturated carbocycles. The fraction of sp³-hybridized carbons (Fsp3) is 0.333. The second-order valence-electron chi connectivity index (χ2n) is 3.47. The van der Waals surface area contributed by atoms with Crippen LogP contribution in [0.25, 0.3) is 0 Å². The van der Waals surface area contributed by atoms with Crippen LogP contribution < -0.4 is 5.73 Å². The van der Waals surface area contributed by atoms with E-state index in [1.54, 1.807) is 19.1 Å². The molecule has 0 spiro atoms. The van der Waals surface area contributed by atoms with Gasteiger partial charge in [0.2, 0.25) is 0 Å². The third kappa shape index (κ3) is 2.34. The molecule has 82 valence electrons. The fourth-order valence-electron chi connectivity index (χ4n) is 1.19. The minimum atomic E-state index is -0.995. The summed E-state index contributed by atoms with van der Waals surface area (Å²) >= 11 is 3.13. The number of hydrogen-bond acceptors (Lipinski definition) is 4. The molecule has 0 aliphatic rings. The molecule has 5 nitrogen and oxygen atoms in total. The Hall–Kier alpha value is -0.980. The molecule has 3 N–H and O–H groups in total. The zero-order valence-electron chi connectivity index (χ0n) is 8.11. The topological polar surface area (TPSA) is 89.4 Å². The molecule has 1 unspecified atom stereocenters. The molecule has 0 bridgehead atoms. The molecule has 1 atom stereocenters. The van der Waals surface area contributed by atoms with Crippen LogP contribution in [0.4, 0.5) is 5.69 Å². The summed E-state index contributed by atoms with van der Waals surface area (Å²) < 4.78 is 0.314. The van der Waals surface area contributed by atoms with Crippen molar-refractivity contribution in [2.75, 3.05) is 6.61 Å². The average Bonchev–Trinajstić information content (AvgIpc) is 2.17. The van der Waals surface area contributed by atoms with E-state index in [4.69, 9.17) is 10.8 Å². The second-order valence-corrected chi connectivity index (χ2v) is 4.26. The number of aliphatic hydroxyl groups is 1. The summed E-state index contributed by atoms with van der Waals surface area (Å²) in [6, 6.07) is 4.56. The van der Waals surface area contributed by atoms with Crippen LogP contribution in [0.1, 0.15) is 12.5 Å². The Morgan fingerprint density at radius 3 is 2.73 bits per heavy atom. The molecule has 1 aromatic rings. The molecular formula is C9H11BrN2O3. The predicted octanol–water partition coefficient (Wildman–Crippen LogP) is 1.52. The molecule has 0 radical (unpaired) electrons. The maximum Gasteiger partial charge on any atom is 0.283 e. The Bertz CT molecular complexity index is 393. The summed E-state index contributed by atoms with van der Waals surface area (Å²) in [5.41, 5.74) is 5.26. The monoisotopic (exact) mass is 274 g/mol. The first-order valence-corrected chi connectivity index (χ1v) is 5.02. The van der Waals surface area contributed by atoms with E-state index in [1.807, 2.05) is 0 Å². The summed E-state index contributed by atoms with van der Waals surface area (Å²) in [5.74, 6) is 0. The van der Waals surface area contributed by atoms with E-state index >= 15 is 0 Å². The van der Waals surface area contributed by atoms with E-state index in [0.29, 0.717) is 10.0 Å². The standard InChI is InChI=1S/C9H11BrN2O3/c1-9(11,5-13)6-3-2-4-7(8(6)10)12(14)15/h2-4,13H,5,11H2,1H3. The van der Waals surface area contributed by atoms with Gasteiger partial charge in [0.1, 0.15) is 4.47 Å². The third-order valence-corrected chi connectivity index (χ3v) is 2.95. The number of aliphatic hydroxyl groups excluding tert-OH is 1. The zero-order valence-corrected chi connectivity index (χ0v) is 9.69. The lowest BCUT2D eigenvalue weighted by molar-refractivity contribution is -0.385. The van der Waals surface area contributed by atoms with Crippen molar-refractivity contribution in [1.29, 1.82) is 0 Å². The van der Waals surface area contributed by atoms with E-state index < -0.39 is 10.5 Å². The molecule has 6 heteroatoms. The van der Waals surface area contributed by atoms with E-state index in [2.05, 4.69) is 15.9 Å². The summed E-state index contributed by atoms with van der Waals surface area (Å²) in [6.45, 7) is 1.32. The van der Waals surface area contributed by atoms with Gasteiger partial charge in [-0.3, -0.25) is 10.1 Å². The van der Waals surface area contributed by atoms with Crippen LogP contribution in [0, 0.1) is 10.1 Å². The number of nitro benzene ring substituents is 1. The lowest BCUT2D eigenvalue weighted by atomic mass is 9.94. The van der Waals surface area contributed by atoms with E-state index in [9.17, 15) is 10.1 Å². The third-order valence-electron chi connectivity index (χ3n) is 2.12. The van der Waals surface area contributed by atoms with Crippen molar-refractivity contribution < 1.29 is 10.0 Å². The van der Waals surface area contributed by atoms with E-state index in [1.165, 1.54) is 6.07 Å². The van der Waals surface area contributed by atoms with Crippen LogP contribution in [0.2, 0.25) is 0 Å². The number of nitrogens with zero attached hydrogens (tertiary/aromatic N) is 1. The normalized spacial score (nSPS) is 14.7. The Kier molecular flexibility index (Phi) is 3.43. The van der Waals surface area contributed by atoms with Gasteiger partial charge in [0.25, 0.3) is 5.69 Å². The zero-order chi connectivity index (χ0) is 11.6. The highest BCUT2D eigenvalue weighted by molar-refractivity contribution is 9.10. The highest BCUT2D eigenvalue weighted by Crippen LogP contribution is 2.33. The van der Waals surface area contributed by atoms with Crippen LogP contribution in [0.15, 0.2) is 22.7 Å². The molecular weight excluding hydrogens is 264 g/mol. The number of hydrogen-bond donors (Lipinski definition) is 2. The van der Waals surface area contributed by atoms with Crippen molar-refractivity contribution in [2.24, 2.45) is 5.73 Å². The van der Waals surface area contributed by atoms with Crippen molar-refractivity contribution >= 4 is 21.6 Å². The number of nitro groups is 1. The maximum absolute atomic E-state index is 10.7. The van der Waals surface area contributed by atoms with Gasteiger partial charge in [-0.15, -0.1) is 0 Å². The minimum absolute atomic E-state index is 0.0578. The Labute approximate surface area is 95.2 Å². The first-order valence-electron chi connectivity index (χ1n) is 4.23. The van der Waals surface area contributed by atoms with Crippen LogP contribution >= 0.6 is 15.9 Å². The van der Waals surface area contributed by atoms with Crippen LogP contribution in [-0.4, -0.2) is 16.6 Å². The van der Waals surface area contributed by atoms with Crippen LogP contribution in [0.5, 0.6) is 0 Å². The SMILES string of the molecule is CC(N)(CO)c1cccc([N+](=O)[O-])c1Br. The van der Waals surface area contributed by atoms with Gasteiger partial charge in [-0.2, -0.15) is 0 Å². The molecule has 0 aliphatic heterocycles. The number of benzene rings is 1. The van der Waals surface area contributed by atoms with Crippen molar-refractivity contribution in [3.8, 4) is 0 Å². The molecule has 0 fully saturated rings. The van der Waals surface area contributed by atoms with Crippen molar-refractivity contribution in [3.63, 3.8) is 0 Å². The Morgan fingerprint density at radius 1 is 1.67 bits per heavy atom. The number of rotatable bonds is 3. The Morgan fingerprint density at radius 2 is 2.27 bits per heavy atom. The smallest absolute Gasteiger partial charge is 0.283 e. The van der Waals surface area contributed by atoms with Gasteiger partial charge in [0, 0.05) is 6.07 Å². The summed E-state index contributed by atoms with van der Waals surface area (Å²) in [4.78, 5) is 10.2. The fourth-order valence-corrected chi connectivity index (χ4v) is 2.05. The van der Waals surface area contributed by atoms with Gasteiger partial charge < -0.3 is 10.8 Å². The molecule has 1 aromatic carbocycles. The Balaban J connectivity index is 3.33. The number of halogens is 1. The van der Waals surface area contributed by atoms with Gasteiger partial charge in [-0.25, -0.2) is 0 Å². The molecule has 0 aliphatic carbocycles. The minimum Gasteiger partial charge on any atom is -0.394 e. The van der Waals surface area contributed by atoms with Gasteiger partial charge in [-0.05, 0) is 28.4 Å². The van der Waals surface area contributed by atoms with Crippen molar-refractivity contribution in [2.45, 2.75) is 12.5 Å². The van der Waals surface area contributed by atoms with Crippen molar-refractivity contribution in [1.82, 2.24) is 0 Å². The predicted molar refractivity (Wildman–Crippen MR) is 59.4 cm³/mol. The van der Waals surface area contributed by atoms with Gasteiger partial charge in [-0.1, -0.05) is 12.1 Å². The average molecular weight is 275 g/mol. The lowest BCUT2D eigenvalue weighted by Gasteiger charge is -2.23. The van der Waals surface area contributed by atoms with Crippen molar-refractivity contribution in [3.05, 3.63) is 38.3 Å². The quantitative estimate of drug-likeness (QED) is 0.646. The van der Waals surface area contributed by atoms with E-state index in [-0.39, 0.29) is 12.3 Å². The second kappa shape index (κ2) is 4.26.